The van der Waals surface area contributed by atoms with Gasteiger partial charge in [-0.1, -0.05) is 6.07 Å². The fraction of sp³-hybridized carbons (Fsp3) is 0.316. The van der Waals surface area contributed by atoms with Gasteiger partial charge in [0.25, 0.3) is 0 Å². The van der Waals surface area contributed by atoms with Gasteiger partial charge < -0.3 is 19.9 Å². The number of anilines is 1. The van der Waals surface area contributed by atoms with E-state index in [4.69, 9.17) is 9.47 Å². The number of aryl methyl sites for hydroxylation is 1. The molecule has 0 bridgehead atoms. The highest BCUT2D eigenvalue weighted by atomic mass is 16.5. The van der Waals surface area contributed by atoms with Crippen LogP contribution in [0, 0.1) is 6.92 Å². The van der Waals surface area contributed by atoms with Crippen LogP contribution in [0.25, 0.3) is 0 Å². The molecule has 2 aromatic rings. The van der Waals surface area contributed by atoms with E-state index < -0.39 is 0 Å². The van der Waals surface area contributed by atoms with Gasteiger partial charge in [0.15, 0.2) is 0 Å². The van der Waals surface area contributed by atoms with Gasteiger partial charge >= 0.3 is 0 Å². The molecule has 128 valence electrons. The Morgan fingerprint density at radius 3 is 2.38 bits per heavy atom. The van der Waals surface area contributed by atoms with Gasteiger partial charge in [0.1, 0.15) is 17.2 Å². The maximum absolute atomic E-state index is 11.9. The molecular formula is C19H23NO4. The molecule has 0 spiro atoms. The second-order valence-corrected chi connectivity index (χ2v) is 5.43. The Kier molecular flexibility index (Phi) is 6.49. The second-order valence-electron chi connectivity index (χ2n) is 5.43. The highest BCUT2D eigenvalue weighted by molar-refractivity contribution is 5.92. The Morgan fingerprint density at radius 2 is 1.75 bits per heavy atom. The van der Waals surface area contributed by atoms with Crippen molar-refractivity contribution in [1.29, 1.82) is 0 Å². The SMILES string of the molecule is CCOc1ccc(OCCCC(=O)Nc2ccc(C)cc2O)cc1. The minimum Gasteiger partial charge on any atom is -0.506 e. The van der Waals surface area contributed by atoms with Crippen LogP contribution in [0.3, 0.4) is 0 Å². The summed E-state index contributed by atoms with van der Waals surface area (Å²) in [7, 11) is 0. The topological polar surface area (TPSA) is 67.8 Å². The molecular weight excluding hydrogens is 306 g/mol. The molecule has 1 amide bonds. The lowest BCUT2D eigenvalue weighted by Gasteiger charge is -2.09. The quantitative estimate of drug-likeness (QED) is 0.569. The Labute approximate surface area is 142 Å². The van der Waals surface area contributed by atoms with E-state index in [1.807, 2.05) is 44.2 Å². The van der Waals surface area contributed by atoms with Gasteiger partial charge in [-0.15, -0.1) is 0 Å². The number of hydrogen-bond donors (Lipinski definition) is 2. The van der Waals surface area contributed by atoms with Crippen molar-refractivity contribution < 1.29 is 19.4 Å². The minimum atomic E-state index is -0.149. The molecule has 2 N–H and O–H groups in total. The average Bonchev–Trinajstić information content (AvgIpc) is 2.56. The molecule has 24 heavy (non-hydrogen) atoms. The summed E-state index contributed by atoms with van der Waals surface area (Å²) in [6, 6.07) is 12.5. The Balaban J connectivity index is 1.70. The molecule has 0 radical (unpaired) electrons. The number of nitrogens with one attached hydrogen (secondary N) is 1. The van der Waals surface area contributed by atoms with Gasteiger partial charge in [0, 0.05) is 6.42 Å². The summed E-state index contributed by atoms with van der Waals surface area (Å²) in [6.45, 7) is 4.89. The van der Waals surface area contributed by atoms with Gasteiger partial charge in [-0.2, -0.15) is 0 Å². The molecule has 0 heterocycles. The van der Waals surface area contributed by atoms with Crippen LogP contribution in [0.2, 0.25) is 0 Å². The van der Waals surface area contributed by atoms with Gasteiger partial charge in [0.05, 0.1) is 18.9 Å². The summed E-state index contributed by atoms with van der Waals surface area (Å²) in [6.07, 6.45) is 0.913. The monoisotopic (exact) mass is 329 g/mol. The smallest absolute Gasteiger partial charge is 0.224 e. The Bertz CT molecular complexity index is 668. The first-order valence-corrected chi connectivity index (χ1v) is 8.03. The molecule has 0 saturated carbocycles. The van der Waals surface area contributed by atoms with E-state index in [1.54, 1.807) is 12.1 Å². The van der Waals surface area contributed by atoms with Crippen LogP contribution in [-0.2, 0) is 4.79 Å². The zero-order valence-electron chi connectivity index (χ0n) is 14.0. The van der Waals surface area contributed by atoms with Crippen molar-refractivity contribution in [2.45, 2.75) is 26.7 Å². The number of carbonyl (C=O) groups excluding carboxylic acids is 1. The van der Waals surface area contributed by atoms with Gasteiger partial charge in [0.2, 0.25) is 5.91 Å². The second kappa shape index (κ2) is 8.82. The van der Waals surface area contributed by atoms with Crippen molar-refractivity contribution >= 4 is 11.6 Å². The van der Waals surface area contributed by atoms with E-state index in [0.717, 1.165) is 17.1 Å². The molecule has 0 saturated heterocycles. The third-order valence-corrected chi connectivity index (χ3v) is 3.38. The van der Waals surface area contributed by atoms with Gasteiger partial charge in [-0.25, -0.2) is 0 Å². The van der Waals surface area contributed by atoms with E-state index >= 15 is 0 Å². The number of ether oxygens (including phenoxy) is 2. The lowest BCUT2D eigenvalue weighted by Crippen LogP contribution is -2.13. The van der Waals surface area contributed by atoms with Crippen LogP contribution in [0.4, 0.5) is 5.69 Å². The van der Waals surface area contributed by atoms with Crippen LogP contribution in [0.15, 0.2) is 42.5 Å². The van der Waals surface area contributed by atoms with Gasteiger partial charge in [-0.3, -0.25) is 4.79 Å². The molecule has 0 unspecified atom stereocenters. The Morgan fingerprint density at radius 1 is 1.08 bits per heavy atom. The maximum atomic E-state index is 11.9. The fourth-order valence-electron chi connectivity index (χ4n) is 2.18. The number of phenolic OH excluding ortho intramolecular Hbond substituents is 1. The lowest BCUT2D eigenvalue weighted by molar-refractivity contribution is -0.116. The number of carbonyl (C=O) groups is 1. The number of phenols is 1. The number of aromatic hydroxyl groups is 1. The van der Waals surface area contributed by atoms with E-state index in [2.05, 4.69) is 5.32 Å². The van der Waals surface area contributed by atoms with Crippen LogP contribution < -0.4 is 14.8 Å². The third kappa shape index (κ3) is 5.50. The highest BCUT2D eigenvalue weighted by Gasteiger charge is 2.06. The van der Waals surface area contributed by atoms with Gasteiger partial charge in [-0.05, 0) is 62.2 Å². The van der Waals surface area contributed by atoms with Crippen LogP contribution >= 0.6 is 0 Å². The predicted octanol–water partition coefficient (Wildman–Crippen LogP) is 3.90. The standard InChI is InChI=1S/C19H23NO4/c1-3-23-15-7-9-16(10-8-15)24-12-4-5-19(22)20-17-11-6-14(2)13-18(17)21/h6-11,13,21H,3-5,12H2,1-2H3,(H,20,22). The zero-order valence-corrected chi connectivity index (χ0v) is 14.0. The van der Waals surface area contributed by atoms with E-state index in [-0.39, 0.29) is 11.7 Å². The number of benzene rings is 2. The molecule has 5 heteroatoms. The zero-order chi connectivity index (χ0) is 17.4. The predicted molar refractivity (Wildman–Crippen MR) is 93.8 cm³/mol. The molecule has 0 aromatic heterocycles. The van der Waals surface area contributed by atoms with Crippen molar-refractivity contribution in [2.75, 3.05) is 18.5 Å². The Hall–Kier alpha value is -2.69. The van der Waals surface area contributed by atoms with Crippen molar-refractivity contribution in [2.24, 2.45) is 0 Å². The number of hydrogen-bond acceptors (Lipinski definition) is 4. The summed E-state index contributed by atoms with van der Waals surface area (Å²) in [5, 5.41) is 12.5. The molecule has 2 rings (SSSR count). The molecule has 0 aliphatic rings. The largest absolute Gasteiger partial charge is 0.506 e. The first-order valence-electron chi connectivity index (χ1n) is 8.03. The summed E-state index contributed by atoms with van der Waals surface area (Å²) in [5.41, 5.74) is 1.37. The molecule has 0 aliphatic carbocycles. The van der Waals surface area contributed by atoms with Crippen LogP contribution in [-0.4, -0.2) is 24.2 Å². The van der Waals surface area contributed by atoms with Crippen molar-refractivity contribution in [3.05, 3.63) is 48.0 Å². The molecule has 0 atom stereocenters. The lowest BCUT2D eigenvalue weighted by atomic mass is 10.2. The van der Waals surface area contributed by atoms with Crippen molar-refractivity contribution in [3.63, 3.8) is 0 Å². The van der Waals surface area contributed by atoms with Crippen LogP contribution in [0.1, 0.15) is 25.3 Å². The summed E-state index contributed by atoms with van der Waals surface area (Å²) in [5.74, 6) is 1.48. The molecule has 0 fully saturated rings. The fourth-order valence-corrected chi connectivity index (χ4v) is 2.18. The first kappa shape index (κ1) is 17.7. The van der Waals surface area contributed by atoms with Crippen molar-refractivity contribution in [1.82, 2.24) is 0 Å². The highest BCUT2D eigenvalue weighted by Crippen LogP contribution is 2.24. The molecule has 5 nitrogen and oxygen atoms in total. The maximum Gasteiger partial charge on any atom is 0.224 e. The first-order chi connectivity index (χ1) is 11.6. The average molecular weight is 329 g/mol. The summed E-state index contributed by atoms with van der Waals surface area (Å²) < 4.78 is 11.0. The minimum absolute atomic E-state index is 0.0778. The summed E-state index contributed by atoms with van der Waals surface area (Å²) in [4.78, 5) is 11.9. The normalized spacial score (nSPS) is 10.2. The molecule has 0 aliphatic heterocycles. The van der Waals surface area contributed by atoms with E-state index in [0.29, 0.717) is 31.7 Å². The van der Waals surface area contributed by atoms with E-state index in [9.17, 15) is 9.90 Å². The number of amides is 1. The molecule has 2 aromatic carbocycles. The van der Waals surface area contributed by atoms with Crippen molar-refractivity contribution in [3.8, 4) is 17.2 Å². The van der Waals surface area contributed by atoms with E-state index in [1.165, 1.54) is 0 Å². The van der Waals surface area contributed by atoms with Crippen LogP contribution in [0.5, 0.6) is 17.2 Å². The number of rotatable bonds is 8. The summed E-state index contributed by atoms with van der Waals surface area (Å²) >= 11 is 0. The third-order valence-electron chi connectivity index (χ3n) is 3.38.